The molecule has 2 rings (SSSR count). The van der Waals surface area contributed by atoms with Crippen molar-refractivity contribution >= 4 is 0 Å². The lowest BCUT2D eigenvalue weighted by Crippen LogP contribution is -1.89. The molecule has 1 heterocycles. The van der Waals surface area contributed by atoms with E-state index in [1.807, 2.05) is 25.1 Å². The van der Waals surface area contributed by atoms with Gasteiger partial charge in [0.25, 0.3) is 0 Å². The zero-order valence-electron chi connectivity index (χ0n) is 8.94. The quantitative estimate of drug-likeness (QED) is 0.784. The van der Waals surface area contributed by atoms with Crippen molar-refractivity contribution in [2.75, 3.05) is 0 Å². The molecule has 0 bridgehead atoms. The fourth-order valence-corrected chi connectivity index (χ4v) is 1.68. The van der Waals surface area contributed by atoms with Gasteiger partial charge < -0.3 is 5.11 Å². The van der Waals surface area contributed by atoms with Gasteiger partial charge in [0.1, 0.15) is 0 Å². The second kappa shape index (κ2) is 4.41. The van der Waals surface area contributed by atoms with Crippen LogP contribution in [0.1, 0.15) is 11.1 Å². The first-order chi connectivity index (χ1) is 7.70. The van der Waals surface area contributed by atoms with Crippen LogP contribution in [0, 0.1) is 12.9 Å². The second-order valence-corrected chi connectivity index (χ2v) is 3.68. The van der Waals surface area contributed by atoms with E-state index < -0.39 is 5.95 Å². The first-order valence-electron chi connectivity index (χ1n) is 5.03. The summed E-state index contributed by atoms with van der Waals surface area (Å²) in [6, 6.07) is 8.72. The summed E-state index contributed by atoms with van der Waals surface area (Å²) < 4.78 is 12.7. The Morgan fingerprint density at radius 3 is 2.62 bits per heavy atom. The molecule has 82 valence electrons. The normalized spacial score (nSPS) is 10.4. The lowest BCUT2D eigenvalue weighted by Gasteiger charge is -2.07. The largest absolute Gasteiger partial charge is 0.392 e. The number of hydrogen-bond acceptors (Lipinski definition) is 2. The van der Waals surface area contributed by atoms with Gasteiger partial charge in [-0.3, -0.25) is 0 Å². The molecule has 1 N–H and O–H groups in total. The highest BCUT2D eigenvalue weighted by atomic mass is 19.1. The number of aryl methyl sites for hydroxylation is 1. The Bertz CT molecular complexity index is 494. The van der Waals surface area contributed by atoms with Crippen LogP contribution < -0.4 is 0 Å². The van der Waals surface area contributed by atoms with Crippen LogP contribution in [-0.2, 0) is 6.61 Å². The smallest absolute Gasteiger partial charge is 0.212 e. The number of pyridine rings is 1. The van der Waals surface area contributed by atoms with Gasteiger partial charge in [0.15, 0.2) is 0 Å². The predicted molar refractivity (Wildman–Crippen MR) is 60.3 cm³/mol. The van der Waals surface area contributed by atoms with Crippen molar-refractivity contribution in [2.24, 2.45) is 0 Å². The first kappa shape index (κ1) is 10.8. The lowest BCUT2D eigenvalue weighted by atomic mass is 10.00. The van der Waals surface area contributed by atoms with E-state index in [1.54, 1.807) is 6.07 Å². The summed E-state index contributed by atoms with van der Waals surface area (Å²) in [7, 11) is 0. The van der Waals surface area contributed by atoms with Crippen LogP contribution in [0.3, 0.4) is 0 Å². The molecule has 0 atom stereocenters. The number of aliphatic hydroxyl groups excluding tert-OH is 1. The Hall–Kier alpha value is -1.74. The number of halogens is 1. The number of rotatable bonds is 2. The van der Waals surface area contributed by atoms with Crippen molar-refractivity contribution in [1.82, 2.24) is 4.98 Å². The predicted octanol–water partition coefficient (Wildman–Crippen LogP) is 2.69. The third kappa shape index (κ3) is 2.09. The van der Waals surface area contributed by atoms with Gasteiger partial charge in [-0.15, -0.1) is 0 Å². The standard InChI is InChI=1S/C13H12FNO/c1-9-6-10(8-16)2-4-12(9)11-3-5-13(14)15-7-11/h2-7,16H,8H2,1H3. The van der Waals surface area contributed by atoms with Crippen LogP contribution in [0.15, 0.2) is 36.5 Å². The van der Waals surface area contributed by atoms with E-state index >= 15 is 0 Å². The van der Waals surface area contributed by atoms with Gasteiger partial charge in [0.2, 0.25) is 5.95 Å². The molecule has 0 spiro atoms. The molecule has 3 heteroatoms. The van der Waals surface area contributed by atoms with E-state index in [1.165, 1.54) is 12.3 Å². The summed E-state index contributed by atoms with van der Waals surface area (Å²) in [4.78, 5) is 3.62. The van der Waals surface area contributed by atoms with Crippen LogP contribution in [0.4, 0.5) is 4.39 Å². The number of aromatic nitrogens is 1. The van der Waals surface area contributed by atoms with Crippen molar-refractivity contribution in [3.05, 3.63) is 53.6 Å². The molecule has 0 fully saturated rings. The van der Waals surface area contributed by atoms with E-state index in [0.717, 1.165) is 22.3 Å². The molecule has 0 amide bonds. The maximum absolute atomic E-state index is 12.7. The van der Waals surface area contributed by atoms with Crippen LogP contribution >= 0.6 is 0 Å². The van der Waals surface area contributed by atoms with E-state index in [0.29, 0.717) is 0 Å². The monoisotopic (exact) mass is 217 g/mol. The van der Waals surface area contributed by atoms with Gasteiger partial charge in [0.05, 0.1) is 6.61 Å². The minimum atomic E-state index is -0.478. The highest BCUT2D eigenvalue weighted by Gasteiger charge is 2.03. The highest BCUT2D eigenvalue weighted by molar-refractivity contribution is 5.66. The molecule has 0 aliphatic rings. The SMILES string of the molecule is Cc1cc(CO)ccc1-c1ccc(F)nc1. The highest BCUT2D eigenvalue weighted by Crippen LogP contribution is 2.23. The molecule has 0 saturated heterocycles. The molecular formula is C13H12FNO. The van der Waals surface area contributed by atoms with Gasteiger partial charge in [-0.1, -0.05) is 18.2 Å². The lowest BCUT2D eigenvalue weighted by molar-refractivity contribution is 0.282. The van der Waals surface area contributed by atoms with Gasteiger partial charge in [-0.25, -0.2) is 4.98 Å². The van der Waals surface area contributed by atoms with Crippen LogP contribution in [-0.4, -0.2) is 10.1 Å². The third-order valence-corrected chi connectivity index (χ3v) is 2.51. The number of hydrogen-bond donors (Lipinski definition) is 1. The number of benzene rings is 1. The van der Waals surface area contributed by atoms with Crippen molar-refractivity contribution in [2.45, 2.75) is 13.5 Å². The van der Waals surface area contributed by atoms with Crippen molar-refractivity contribution in [3.8, 4) is 11.1 Å². The van der Waals surface area contributed by atoms with Crippen LogP contribution in [0.5, 0.6) is 0 Å². The minimum Gasteiger partial charge on any atom is -0.392 e. The molecule has 0 unspecified atom stereocenters. The summed E-state index contributed by atoms with van der Waals surface area (Å²) >= 11 is 0. The summed E-state index contributed by atoms with van der Waals surface area (Å²) in [5.41, 5.74) is 3.80. The molecule has 1 aromatic carbocycles. The van der Waals surface area contributed by atoms with Crippen LogP contribution in [0.25, 0.3) is 11.1 Å². The summed E-state index contributed by atoms with van der Waals surface area (Å²) in [5, 5.41) is 9.00. The first-order valence-corrected chi connectivity index (χ1v) is 5.03. The Kier molecular flexibility index (Phi) is 2.97. The Morgan fingerprint density at radius 1 is 1.25 bits per heavy atom. The maximum Gasteiger partial charge on any atom is 0.212 e. The van der Waals surface area contributed by atoms with Crippen LogP contribution in [0.2, 0.25) is 0 Å². The van der Waals surface area contributed by atoms with Gasteiger partial charge in [-0.2, -0.15) is 4.39 Å². The van der Waals surface area contributed by atoms with Crippen molar-refractivity contribution < 1.29 is 9.50 Å². The van der Waals surface area contributed by atoms with E-state index in [9.17, 15) is 4.39 Å². The van der Waals surface area contributed by atoms with E-state index in [2.05, 4.69) is 4.98 Å². The Balaban J connectivity index is 2.44. The maximum atomic E-state index is 12.7. The molecular weight excluding hydrogens is 205 g/mol. The van der Waals surface area contributed by atoms with Gasteiger partial charge in [0, 0.05) is 11.8 Å². The average Bonchev–Trinajstić information content (AvgIpc) is 2.30. The molecule has 16 heavy (non-hydrogen) atoms. The molecule has 2 aromatic rings. The molecule has 0 saturated carbocycles. The molecule has 0 radical (unpaired) electrons. The average molecular weight is 217 g/mol. The Morgan fingerprint density at radius 2 is 2.06 bits per heavy atom. The van der Waals surface area contributed by atoms with E-state index in [-0.39, 0.29) is 6.61 Å². The zero-order chi connectivity index (χ0) is 11.5. The summed E-state index contributed by atoms with van der Waals surface area (Å²) in [6.45, 7) is 1.99. The zero-order valence-corrected chi connectivity index (χ0v) is 8.94. The fourth-order valence-electron chi connectivity index (χ4n) is 1.68. The number of nitrogens with zero attached hydrogens (tertiary/aromatic N) is 1. The topological polar surface area (TPSA) is 33.1 Å². The molecule has 0 aliphatic heterocycles. The summed E-state index contributed by atoms with van der Waals surface area (Å²) in [5.74, 6) is -0.478. The summed E-state index contributed by atoms with van der Waals surface area (Å²) in [6.07, 6.45) is 1.51. The third-order valence-electron chi connectivity index (χ3n) is 2.51. The molecule has 2 nitrogen and oxygen atoms in total. The minimum absolute atomic E-state index is 0.0305. The Labute approximate surface area is 93.4 Å². The second-order valence-electron chi connectivity index (χ2n) is 3.68. The van der Waals surface area contributed by atoms with Crippen molar-refractivity contribution in [1.29, 1.82) is 0 Å². The molecule has 0 aliphatic carbocycles. The van der Waals surface area contributed by atoms with Gasteiger partial charge in [-0.05, 0) is 35.7 Å². The molecule has 1 aromatic heterocycles. The van der Waals surface area contributed by atoms with Gasteiger partial charge >= 0.3 is 0 Å². The van der Waals surface area contributed by atoms with E-state index in [4.69, 9.17) is 5.11 Å². The van der Waals surface area contributed by atoms with Crippen molar-refractivity contribution in [3.63, 3.8) is 0 Å². The fraction of sp³-hybridized carbons (Fsp3) is 0.154. The number of aliphatic hydroxyl groups is 1.